The zero-order valence-electron chi connectivity index (χ0n) is 12.2. The van der Waals surface area contributed by atoms with Crippen molar-refractivity contribution >= 4 is 5.84 Å². The van der Waals surface area contributed by atoms with E-state index in [0.29, 0.717) is 24.4 Å². The van der Waals surface area contributed by atoms with E-state index in [4.69, 9.17) is 10.9 Å². The lowest BCUT2D eigenvalue weighted by Gasteiger charge is -2.23. The summed E-state index contributed by atoms with van der Waals surface area (Å²) in [6.45, 7) is 5.27. The van der Waals surface area contributed by atoms with Gasteiger partial charge in [-0.2, -0.15) is 0 Å². The van der Waals surface area contributed by atoms with E-state index in [0.717, 1.165) is 32.2 Å². The average molecular weight is 271 g/mol. The normalized spacial score (nSPS) is 24.9. The van der Waals surface area contributed by atoms with E-state index in [1.54, 1.807) is 0 Å². The maximum absolute atomic E-state index is 9.24. The third-order valence-corrected chi connectivity index (χ3v) is 4.33. The van der Waals surface area contributed by atoms with Crippen LogP contribution in [0.2, 0.25) is 0 Å². The van der Waals surface area contributed by atoms with Gasteiger partial charge >= 0.3 is 0 Å². The van der Waals surface area contributed by atoms with Gasteiger partial charge in [-0.3, -0.25) is 0 Å². The number of rotatable bonds is 8. The number of nitrogens with two attached hydrogens (primary N) is 1. The van der Waals surface area contributed by atoms with E-state index in [9.17, 15) is 5.11 Å². The van der Waals surface area contributed by atoms with Crippen molar-refractivity contribution in [2.75, 3.05) is 13.2 Å². The van der Waals surface area contributed by atoms with Crippen molar-refractivity contribution in [3.05, 3.63) is 0 Å². The summed E-state index contributed by atoms with van der Waals surface area (Å²) in [5, 5.41) is 24.6. The van der Waals surface area contributed by atoms with Gasteiger partial charge in [0.15, 0.2) is 0 Å². The summed E-state index contributed by atoms with van der Waals surface area (Å²) in [5.41, 5.74) is 5.42. The Bertz CT molecular complexity index is 292. The average Bonchev–Trinajstić information content (AvgIpc) is 2.84. The molecule has 2 atom stereocenters. The number of aliphatic hydroxyl groups is 1. The predicted molar refractivity (Wildman–Crippen MR) is 77.3 cm³/mol. The van der Waals surface area contributed by atoms with E-state index in [2.05, 4.69) is 10.5 Å². The van der Waals surface area contributed by atoms with Gasteiger partial charge in [0.25, 0.3) is 0 Å². The van der Waals surface area contributed by atoms with Crippen molar-refractivity contribution < 1.29 is 10.3 Å². The topological polar surface area (TPSA) is 90.9 Å². The molecule has 112 valence electrons. The van der Waals surface area contributed by atoms with E-state index in [1.165, 1.54) is 12.8 Å². The highest BCUT2D eigenvalue weighted by Gasteiger charge is 2.26. The Morgan fingerprint density at radius 2 is 2.11 bits per heavy atom. The molecule has 1 rings (SSSR count). The zero-order valence-corrected chi connectivity index (χ0v) is 12.2. The van der Waals surface area contributed by atoms with Gasteiger partial charge in [0.2, 0.25) is 0 Å². The van der Waals surface area contributed by atoms with Crippen LogP contribution in [0.1, 0.15) is 52.4 Å². The zero-order chi connectivity index (χ0) is 14.3. The Hall–Kier alpha value is -0.810. The van der Waals surface area contributed by atoms with E-state index >= 15 is 0 Å². The Morgan fingerprint density at radius 1 is 1.37 bits per heavy atom. The Morgan fingerprint density at radius 3 is 2.74 bits per heavy atom. The third kappa shape index (κ3) is 4.99. The number of oxime groups is 1. The molecule has 0 radical (unpaired) electrons. The number of unbranched alkanes of at least 4 members (excludes halogenated alkanes) is 1. The molecule has 1 aliphatic carbocycles. The first-order valence-corrected chi connectivity index (χ1v) is 7.33. The van der Waals surface area contributed by atoms with Gasteiger partial charge in [0.1, 0.15) is 5.84 Å². The molecule has 0 spiro atoms. The smallest absolute Gasteiger partial charge is 0.144 e. The van der Waals surface area contributed by atoms with Crippen molar-refractivity contribution in [3.63, 3.8) is 0 Å². The minimum absolute atomic E-state index is 0.240. The summed E-state index contributed by atoms with van der Waals surface area (Å²) in [6.07, 6.45) is 6.59. The van der Waals surface area contributed by atoms with Crippen LogP contribution in [0.15, 0.2) is 5.16 Å². The molecule has 5 nitrogen and oxygen atoms in total. The molecule has 0 bridgehead atoms. The van der Waals surface area contributed by atoms with Crippen molar-refractivity contribution in [1.29, 1.82) is 0 Å². The predicted octanol–water partition coefficient (Wildman–Crippen LogP) is 1.68. The fourth-order valence-electron chi connectivity index (χ4n) is 2.77. The molecule has 1 saturated carbocycles. The molecule has 0 aromatic carbocycles. The lowest BCUT2D eigenvalue weighted by Crippen LogP contribution is -2.35. The number of hydrogen-bond donors (Lipinski definition) is 4. The standard InChI is InChI=1S/C14H29N3O2/c1-14(2,13(15)17-19)8-3-4-9-16-12-7-5-6-11(12)10-18/h11-12,16,18-19H,3-10H2,1-2H3,(H2,15,17). The lowest BCUT2D eigenvalue weighted by atomic mass is 9.86. The monoisotopic (exact) mass is 271 g/mol. The van der Waals surface area contributed by atoms with Crippen LogP contribution in [0, 0.1) is 11.3 Å². The van der Waals surface area contributed by atoms with Gasteiger partial charge in [-0.25, -0.2) is 0 Å². The highest BCUT2D eigenvalue weighted by molar-refractivity contribution is 5.85. The quantitative estimate of drug-likeness (QED) is 0.178. The van der Waals surface area contributed by atoms with Crippen LogP contribution in [0.4, 0.5) is 0 Å². The molecule has 0 aromatic heterocycles. The Kier molecular flexibility index (Phi) is 6.58. The summed E-state index contributed by atoms with van der Waals surface area (Å²) in [5.74, 6) is 0.741. The number of nitrogens with zero attached hydrogens (tertiary/aromatic N) is 1. The van der Waals surface area contributed by atoms with Crippen molar-refractivity contribution in [1.82, 2.24) is 5.32 Å². The molecule has 1 aliphatic rings. The molecule has 0 aliphatic heterocycles. The SMILES string of the molecule is CC(C)(CCCCNC1CCCC1CO)C(N)=NO. The first kappa shape index (κ1) is 16.2. The first-order chi connectivity index (χ1) is 9.01. The van der Waals surface area contributed by atoms with Crippen LogP contribution in [0.5, 0.6) is 0 Å². The van der Waals surface area contributed by atoms with Crippen LogP contribution >= 0.6 is 0 Å². The minimum Gasteiger partial charge on any atom is -0.409 e. The van der Waals surface area contributed by atoms with E-state index in [-0.39, 0.29) is 5.41 Å². The van der Waals surface area contributed by atoms with Crippen LogP contribution in [-0.2, 0) is 0 Å². The third-order valence-electron chi connectivity index (χ3n) is 4.33. The van der Waals surface area contributed by atoms with Gasteiger partial charge in [0.05, 0.1) is 0 Å². The van der Waals surface area contributed by atoms with Crippen molar-refractivity contribution in [2.24, 2.45) is 22.2 Å². The molecule has 5 heteroatoms. The lowest BCUT2D eigenvalue weighted by molar-refractivity contribution is 0.205. The molecule has 0 aromatic rings. The van der Waals surface area contributed by atoms with Crippen LogP contribution in [0.25, 0.3) is 0 Å². The summed E-state index contributed by atoms with van der Waals surface area (Å²) in [7, 11) is 0. The first-order valence-electron chi connectivity index (χ1n) is 7.33. The fraction of sp³-hybridized carbons (Fsp3) is 0.929. The highest BCUT2D eigenvalue weighted by atomic mass is 16.4. The molecular formula is C14H29N3O2. The van der Waals surface area contributed by atoms with E-state index < -0.39 is 0 Å². The van der Waals surface area contributed by atoms with Crippen LogP contribution < -0.4 is 11.1 Å². The second kappa shape index (κ2) is 7.70. The second-order valence-corrected chi connectivity index (χ2v) is 6.26. The van der Waals surface area contributed by atoms with Crippen molar-refractivity contribution in [3.8, 4) is 0 Å². The largest absolute Gasteiger partial charge is 0.409 e. The fourth-order valence-corrected chi connectivity index (χ4v) is 2.77. The number of hydrogen-bond acceptors (Lipinski definition) is 4. The minimum atomic E-state index is -0.240. The van der Waals surface area contributed by atoms with Gasteiger partial charge in [0, 0.05) is 18.1 Å². The molecule has 2 unspecified atom stereocenters. The van der Waals surface area contributed by atoms with Crippen LogP contribution in [0.3, 0.4) is 0 Å². The summed E-state index contributed by atoms with van der Waals surface area (Å²) in [6, 6.07) is 0.488. The Balaban J connectivity index is 2.14. The number of aliphatic hydroxyl groups excluding tert-OH is 1. The number of nitrogens with one attached hydrogen (secondary N) is 1. The maximum Gasteiger partial charge on any atom is 0.144 e. The van der Waals surface area contributed by atoms with Crippen LogP contribution in [-0.4, -0.2) is 35.3 Å². The highest BCUT2D eigenvalue weighted by Crippen LogP contribution is 2.26. The molecule has 19 heavy (non-hydrogen) atoms. The summed E-state index contributed by atoms with van der Waals surface area (Å²) >= 11 is 0. The van der Waals surface area contributed by atoms with E-state index in [1.807, 2.05) is 13.8 Å². The van der Waals surface area contributed by atoms with Gasteiger partial charge in [-0.15, -0.1) is 0 Å². The van der Waals surface area contributed by atoms with Gasteiger partial charge in [-0.1, -0.05) is 31.8 Å². The maximum atomic E-state index is 9.24. The molecule has 5 N–H and O–H groups in total. The number of amidine groups is 1. The second-order valence-electron chi connectivity index (χ2n) is 6.26. The molecular weight excluding hydrogens is 242 g/mol. The molecule has 0 saturated heterocycles. The molecule has 0 heterocycles. The van der Waals surface area contributed by atoms with Gasteiger partial charge < -0.3 is 21.4 Å². The van der Waals surface area contributed by atoms with Crippen molar-refractivity contribution in [2.45, 2.75) is 58.4 Å². The summed E-state index contributed by atoms with van der Waals surface area (Å²) < 4.78 is 0. The van der Waals surface area contributed by atoms with Gasteiger partial charge in [-0.05, 0) is 38.1 Å². The summed E-state index contributed by atoms with van der Waals surface area (Å²) in [4.78, 5) is 0. The molecule has 1 fully saturated rings. The Labute approximate surface area is 116 Å². The molecule has 0 amide bonds.